The Labute approximate surface area is 218 Å². The van der Waals surface area contributed by atoms with E-state index in [2.05, 4.69) is 35.7 Å². The standard InChI is InChI=1S/C26H19F5N8/c27-17-3-1-16(2-4-17)20-5-6-21-22(35-20)23(38-25(7-8-25)26(29,30)31)37-24(36-21)33-12-15-9-18(28)11-19(10-15)39-14-32-13-34-39/h1-6,9-11,13-14H,7-8,12H2,(H2,33,36,37,38). The Morgan fingerprint density at radius 2 is 1.69 bits per heavy atom. The van der Waals surface area contributed by atoms with Crippen molar-refractivity contribution in [1.82, 2.24) is 29.7 Å². The second-order valence-corrected chi connectivity index (χ2v) is 9.18. The first-order valence-corrected chi connectivity index (χ1v) is 11.9. The fourth-order valence-corrected chi connectivity index (χ4v) is 4.18. The van der Waals surface area contributed by atoms with Crippen molar-refractivity contribution in [3.8, 4) is 16.9 Å². The number of nitrogens with one attached hydrogen (secondary N) is 2. The molecule has 0 amide bonds. The van der Waals surface area contributed by atoms with Gasteiger partial charge in [0.15, 0.2) is 5.82 Å². The highest BCUT2D eigenvalue weighted by Gasteiger charge is 2.64. The number of aromatic nitrogens is 6. The second kappa shape index (κ2) is 9.26. The average Bonchev–Trinajstić information content (AvgIpc) is 3.49. The normalized spacial score (nSPS) is 14.4. The summed E-state index contributed by atoms with van der Waals surface area (Å²) >= 11 is 0. The van der Waals surface area contributed by atoms with Crippen molar-refractivity contribution in [3.05, 3.63) is 84.4 Å². The van der Waals surface area contributed by atoms with Gasteiger partial charge < -0.3 is 10.6 Å². The van der Waals surface area contributed by atoms with Gasteiger partial charge in [-0.2, -0.15) is 23.3 Å². The molecule has 13 heteroatoms. The minimum absolute atomic E-state index is 0.0332. The van der Waals surface area contributed by atoms with E-state index in [9.17, 15) is 22.0 Å². The number of benzene rings is 2. The molecule has 0 aliphatic heterocycles. The van der Waals surface area contributed by atoms with E-state index in [4.69, 9.17) is 0 Å². The van der Waals surface area contributed by atoms with E-state index in [1.165, 1.54) is 53.7 Å². The zero-order valence-electron chi connectivity index (χ0n) is 20.0. The van der Waals surface area contributed by atoms with Crippen LogP contribution in [-0.4, -0.2) is 41.4 Å². The number of fused-ring (bicyclic) bond motifs is 1. The Bertz CT molecular complexity index is 1650. The fourth-order valence-electron chi connectivity index (χ4n) is 4.18. The van der Waals surface area contributed by atoms with Crippen LogP contribution in [0.5, 0.6) is 0 Å². The molecular weight excluding hydrogens is 519 g/mol. The van der Waals surface area contributed by atoms with Crippen LogP contribution in [0.3, 0.4) is 0 Å². The molecule has 3 heterocycles. The van der Waals surface area contributed by atoms with E-state index in [0.717, 1.165) is 0 Å². The van der Waals surface area contributed by atoms with Gasteiger partial charge in [-0.1, -0.05) is 0 Å². The zero-order chi connectivity index (χ0) is 27.2. The van der Waals surface area contributed by atoms with Crippen LogP contribution in [0.25, 0.3) is 28.0 Å². The van der Waals surface area contributed by atoms with Crippen molar-refractivity contribution in [2.24, 2.45) is 0 Å². The third-order valence-corrected chi connectivity index (χ3v) is 6.41. The first kappa shape index (κ1) is 24.6. The number of nitrogens with zero attached hydrogens (tertiary/aromatic N) is 6. The summed E-state index contributed by atoms with van der Waals surface area (Å²) in [4.78, 5) is 17.1. The Balaban J connectivity index is 1.35. The Kier molecular flexibility index (Phi) is 5.85. The molecule has 1 saturated carbocycles. The van der Waals surface area contributed by atoms with Crippen molar-refractivity contribution in [3.63, 3.8) is 0 Å². The van der Waals surface area contributed by atoms with Crippen LogP contribution in [0.4, 0.5) is 33.7 Å². The van der Waals surface area contributed by atoms with Crippen molar-refractivity contribution >= 4 is 22.8 Å². The number of halogens is 5. The van der Waals surface area contributed by atoms with E-state index in [0.29, 0.717) is 28.0 Å². The fraction of sp³-hybridized carbons (Fsp3) is 0.192. The van der Waals surface area contributed by atoms with E-state index in [1.54, 1.807) is 18.2 Å². The third-order valence-electron chi connectivity index (χ3n) is 6.41. The van der Waals surface area contributed by atoms with Crippen LogP contribution in [0.2, 0.25) is 0 Å². The summed E-state index contributed by atoms with van der Waals surface area (Å²) in [5.74, 6) is -0.983. The molecule has 8 nitrogen and oxygen atoms in total. The van der Waals surface area contributed by atoms with Crippen LogP contribution in [0.15, 0.2) is 67.3 Å². The molecule has 1 aliphatic carbocycles. The lowest BCUT2D eigenvalue weighted by atomic mass is 10.1. The van der Waals surface area contributed by atoms with Crippen LogP contribution in [-0.2, 0) is 6.54 Å². The highest BCUT2D eigenvalue weighted by atomic mass is 19.4. The van der Waals surface area contributed by atoms with Crippen LogP contribution < -0.4 is 10.6 Å². The van der Waals surface area contributed by atoms with Crippen molar-refractivity contribution in [1.29, 1.82) is 0 Å². The maximum Gasteiger partial charge on any atom is 0.411 e. The topological polar surface area (TPSA) is 93.4 Å². The molecule has 2 N–H and O–H groups in total. The maximum atomic E-state index is 14.3. The molecule has 0 unspecified atom stereocenters. The van der Waals surface area contributed by atoms with E-state index < -0.39 is 23.3 Å². The summed E-state index contributed by atoms with van der Waals surface area (Å²) in [5, 5.41) is 9.52. The van der Waals surface area contributed by atoms with Gasteiger partial charge >= 0.3 is 6.18 Å². The molecule has 0 saturated heterocycles. The first-order valence-electron chi connectivity index (χ1n) is 11.9. The lowest BCUT2D eigenvalue weighted by molar-refractivity contribution is -0.151. The smallest absolute Gasteiger partial charge is 0.354 e. The first-order chi connectivity index (χ1) is 18.7. The average molecular weight is 538 g/mol. The summed E-state index contributed by atoms with van der Waals surface area (Å²) in [6, 6.07) is 13.1. The number of rotatable bonds is 7. The Hall–Kier alpha value is -4.68. The van der Waals surface area contributed by atoms with Gasteiger partial charge in [-0.25, -0.2) is 28.4 Å². The molecule has 39 heavy (non-hydrogen) atoms. The maximum absolute atomic E-state index is 14.3. The van der Waals surface area contributed by atoms with Gasteiger partial charge in [-0.3, -0.25) is 0 Å². The molecule has 5 aromatic rings. The van der Waals surface area contributed by atoms with E-state index in [-0.39, 0.29) is 36.7 Å². The number of hydrogen-bond acceptors (Lipinski definition) is 7. The molecule has 0 atom stereocenters. The predicted octanol–water partition coefficient (Wildman–Crippen LogP) is 5.67. The minimum Gasteiger partial charge on any atom is -0.354 e. The summed E-state index contributed by atoms with van der Waals surface area (Å²) in [7, 11) is 0. The van der Waals surface area contributed by atoms with Crippen LogP contribution >= 0.6 is 0 Å². The molecule has 3 aromatic heterocycles. The number of pyridine rings is 1. The van der Waals surface area contributed by atoms with Gasteiger partial charge in [0.2, 0.25) is 5.95 Å². The number of hydrogen-bond donors (Lipinski definition) is 2. The number of anilines is 2. The lowest BCUT2D eigenvalue weighted by Gasteiger charge is -2.22. The van der Waals surface area contributed by atoms with Gasteiger partial charge in [-0.15, -0.1) is 0 Å². The SMILES string of the molecule is Fc1ccc(-c2ccc3nc(NCc4cc(F)cc(-n5cncn5)c4)nc(NC4(C(F)(F)F)CC4)c3n2)cc1. The van der Waals surface area contributed by atoms with Crippen molar-refractivity contribution < 1.29 is 22.0 Å². The minimum atomic E-state index is -4.49. The Morgan fingerprint density at radius 1 is 0.897 bits per heavy atom. The summed E-state index contributed by atoms with van der Waals surface area (Å²) in [6.07, 6.45) is -1.94. The second-order valence-electron chi connectivity index (χ2n) is 9.18. The molecule has 198 valence electrons. The summed E-state index contributed by atoms with van der Waals surface area (Å²) in [5.41, 5.74) is 0.305. The third kappa shape index (κ3) is 4.94. The quantitative estimate of drug-likeness (QED) is 0.258. The van der Waals surface area contributed by atoms with E-state index >= 15 is 0 Å². The predicted molar refractivity (Wildman–Crippen MR) is 133 cm³/mol. The molecule has 1 aliphatic rings. The summed E-state index contributed by atoms with van der Waals surface area (Å²) in [6.45, 7) is 0.0793. The van der Waals surface area contributed by atoms with Crippen molar-refractivity contribution in [2.45, 2.75) is 31.1 Å². The highest BCUT2D eigenvalue weighted by Crippen LogP contribution is 2.51. The van der Waals surface area contributed by atoms with Gasteiger partial charge in [0.25, 0.3) is 0 Å². The molecule has 0 bridgehead atoms. The monoisotopic (exact) mass is 538 g/mol. The largest absolute Gasteiger partial charge is 0.411 e. The zero-order valence-corrected chi connectivity index (χ0v) is 20.0. The molecule has 2 aromatic carbocycles. The molecule has 0 spiro atoms. The molecular formula is C26H19F5N8. The lowest BCUT2D eigenvalue weighted by Crippen LogP contribution is -2.39. The van der Waals surface area contributed by atoms with Crippen LogP contribution in [0, 0.1) is 11.6 Å². The van der Waals surface area contributed by atoms with Crippen molar-refractivity contribution in [2.75, 3.05) is 10.6 Å². The highest BCUT2D eigenvalue weighted by molar-refractivity contribution is 5.88. The molecule has 0 radical (unpaired) electrons. The molecule has 6 rings (SSSR count). The van der Waals surface area contributed by atoms with Gasteiger partial charge in [0, 0.05) is 12.1 Å². The Morgan fingerprint density at radius 3 is 2.38 bits per heavy atom. The molecule has 1 fully saturated rings. The number of alkyl halides is 3. The van der Waals surface area contributed by atoms with Crippen LogP contribution in [0.1, 0.15) is 18.4 Å². The van der Waals surface area contributed by atoms with Gasteiger partial charge in [0.05, 0.1) is 16.9 Å². The van der Waals surface area contributed by atoms with E-state index in [1.807, 2.05) is 0 Å². The summed E-state index contributed by atoms with van der Waals surface area (Å²) < 4.78 is 70.4. The van der Waals surface area contributed by atoms with Gasteiger partial charge in [0.1, 0.15) is 35.3 Å². The van der Waals surface area contributed by atoms with Gasteiger partial charge in [-0.05, 0) is 73.0 Å².